The van der Waals surface area contributed by atoms with E-state index in [-0.39, 0.29) is 4.90 Å². The van der Waals surface area contributed by atoms with Gasteiger partial charge in [-0.2, -0.15) is 4.72 Å². The Bertz CT molecular complexity index is 580. The standard InChI is InChI=1S/C12H17NO5S/c1-7-4-5-10(8(2)6-7)19(17,18)13-11(9(3)14)12(15)16/h4-6,9,11,13-14H,1-3H3,(H,15,16)/t9-,11+/m1/s1. The molecule has 0 aliphatic carbocycles. The third-order valence-electron chi connectivity index (χ3n) is 2.65. The molecule has 0 radical (unpaired) electrons. The monoisotopic (exact) mass is 287 g/mol. The minimum atomic E-state index is -3.99. The zero-order valence-corrected chi connectivity index (χ0v) is 11.7. The number of nitrogens with one attached hydrogen (secondary N) is 1. The first kappa shape index (κ1) is 15.6. The molecule has 2 atom stereocenters. The van der Waals surface area contributed by atoms with E-state index in [2.05, 4.69) is 0 Å². The molecule has 0 spiro atoms. The zero-order valence-electron chi connectivity index (χ0n) is 10.9. The van der Waals surface area contributed by atoms with Crippen molar-refractivity contribution >= 4 is 16.0 Å². The van der Waals surface area contributed by atoms with E-state index in [1.54, 1.807) is 19.1 Å². The molecule has 0 aliphatic heterocycles. The lowest BCUT2D eigenvalue weighted by Gasteiger charge is -2.18. The van der Waals surface area contributed by atoms with Crippen molar-refractivity contribution in [3.05, 3.63) is 29.3 Å². The first-order valence-corrected chi connectivity index (χ1v) is 7.14. The van der Waals surface area contributed by atoms with Crippen LogP contribution in [0.3, 0.4) is 0 Å². The summed E-state index contributed by atoms with van der Waals surface area (Å²) >= 11 is 0. The fourth-order valence-electron chi connectivity index (χ4n) is 1.69. The van der Waals surface area contributed by atoms with E-state index in [0.29, 0.717) is 5.56 Å². The van der Waals surface area contributed by atoms with Crippen molar-refractivity contribution in [3.63, 3.8) is 0 Å². The number of aliphatic hydroxyl groups is 1. The van der Waals surface area contributed by atoms with Crippen LogP contribution in [0.5, 0.6) is 0 Å². The Kier molecular flexibility index (Phi) is 4.67. The average Bonchev–Trinajstić information content (AvgIpc) is 2.24. The quantitative estimate of drug-likeness (QED) is 0.728. The molecule has 1 rings (SSSR count). The summed E-state index contributed by atoms with van der Waals surface area (Å²) in [6.45, 7) is 4.66. The third-order valence-corrected chi connectivity index (χ3v) is 4.25. The van der Waals surface area contributed by atoms with E-state index < -0.39 is 28.1 Å². The number of aliphatic carboxylic acids is 1. The highest BCUT2D eigenvalue weighted by atomic mass is 32.2. The van der Waals surface area contributed by atoms with Gasteiger partial charge in [-0.25, -0.2) is 8.42 Å². The van der Waals surface area contributed by atoms with Gasteiger partial charge in [-0.05, 0) is 32.4 Å². The number of hydrogen-bond acceptors (Lipinski definition) is 4. The normalized spacial score (nSPS) is 14.9. The highest BCUT2D eigenvalue weighted by Crippen LogP contribution is 2.17. The van der Waals surface area contributed by atoms with Crippen LogP contribution >= 0.6 is 0 Å². The Morgan fingerprint density at radius 1 is 1.32 bits per heavy atom. The second kappa shape index (κ2) is 5.68. The number of sulfonamides is 1. The molecule has 0 unspecified atom stereocenters. The molecule has 0 fully saturated rings. The number of aryl methyl sites for hydroxylation is 2. The summed E-state index contributed by atoms with van der Waals surface area (Å²) < 4.78 is 26.2. The van der Waals surface area contributed by atoms with E-state index in [4.69, 9.17) is 5.11 Å². The van der Waals surface area contributed by atoms with Gasteiger partial charge in [0.25, 0.3) is 0 Å². The summed E-state index contributed by atoms with van der Waals surface area (Å²) in [5, 5.41) is 18.2. The van der Waals surface area contributed by atoms with Crippen LogP contribution in [-0.2, 0) is 14.8 Å². The van der Waals surface area contributed by atoms with E-state index >= 15 is 0 Å². The summed E-state index contributed by atoms with van der Waals surface area (Å²) in [6.07, 6.45) is -1.34. The fourth-order valence-corrected chi connectivity index (χ4v) is 3.18. The van der Waals surface area contributed by atoms with Crippen molar-refractivity contribution in [1.29, 1.82) is 0 Å². The van der Waals surface area contributed by atoms with E-state index in [0.717, 1.165) is 5.56 Å². The highest BCUT2D eigenvalue weighted by Gasteiger charge is 2.29. The molecule has 0 aliphatic rings. The number of rotatable bonds is 5. The van der Waals surface area contributed by atoms with Crippen molar-refractivity contribution in [2.24, 2.45) is 0 Å². The van der Waals surface area contributed by atoms with Crippen LogP contribution in [0.25, 0.3) is 0 Å². The van der Waals surface area contributed by atoms with Gasteiger partial charge in [0.1, 0.15) is 6.04 Å². The Morgan fingerprint density at radius 3 is 2.32 bits per heavy atom. The van der Waals surface area contributed by atoms with Gasteiger partial charge in [-0.15, -0.1) is 0 Å². The molecule has 7 heteroatoms. The van der Waals surface area contributed by atoms with Crippen molar-refractivity contribution in [2.45, 2.75) is 37.8 Å². The van der Waals surface area contributed by atoms with Gasteiger partial charge in [0.2, 0.25) is 10.0 Å². The second-order valence-electron chi connectivity index (χ2n) is 4.45. The SMILES string of the molecule is Cc1ccc(S(=O)(=O)N[C@H](C(=O)O)[C@@H](C)O)c(C)c1. The Morgan fingerprint density at radius 2 is 1.89 bits per heavy atom. The van der Waals surface area contributed by atoms with Crippen molar-refractivity contribution < 1.29 is 23.4 Å². The molecular formula is C12H17NO5S. The predicted octanol–water partition coefficient (Wildman–Crippen LogP) is 0.416. The summed E-state index contributed by atoms with van der Waals surface area (Å²) in [4.78, 5) is 10.9. The number of aliphatic hydroxyl groups excluding tert-OH is 1. The number of carboxylic acids is 1. The van der Waals surface area contributed by atoms with Crippen LogP contribution in [0.4, 0.5) is 0 Å². The lowest BCUT2D eigenvalue weighted by atomic mass is 10.2. The fraction of sp³-hybridized carbons (Fsp3) is 0.417. The second-order valence-corrected chi connectivity index (χ2v) is 6.13. The first-order valence-electron chi connectivity index (χ1n) is 5.65. The Labute approximate surface area is 112 Å². The lowest BCUT2D eigenvalue weighted by molar-refractivity contribution is -0.141. The molecule has 0 amide bonds. The molecule has 1 aromatic rings. The highest BCUT2D eigenvalue weighted by molar-refractivity contribution is 7.89. The van der Waals surface area contributed by atoms with Crippen LogP contribution in [0, 0.1) is 13.8 Å². The molecule has 106 valence electrons. The predicted molar refractivity (Wildman–Crippen MR) is 69.3 cm³/mol. The molecule has 0 saturated carbocycles. The zero-order chi connectivity index (χ0) is 14.8. The summed E-state index contributed by atoms with van der Waals surface area (Å²) in [7, 11) is -3.99. The van der Waals surface area contributed by atoms with Gasteiger partial charge in [0.15, 0.2) is 0 Å². The van der Waals surface area contributed by atoms with Crippen LogP contribution < -0.4 is 4.72 Å². The Balaban J connectivity index is 3.14. The molecule has 0 heterocycles. The number of benzene rings is 1. The van der Waals surface area contributed by atoms with E-state index in [1.807, 2.05) is 11.6 Å². The first-order chi connectivity index (χ1) is 8.65. The summed E-state index contributed by atoms with van der Waals surface area (Å²) in [5.74, 6) is -1.43. The molecule has 6 nitrogen and oxygen atoms in total. The van der Waals surface area contributed by atoms with Crippen LogP contribution in [0.2, 0.25) is 0 Å². The summed E-state index contributed by atoms with van der Waals surface area (Å²) in [5.41, 5.74) is 1.42. The molecule has 3 N–H and O–H groups in total. The van der Waals surface area contributed by atoms with Gasteiger partial charge in [-0.1, -0.05) is 17.7 Å². The van der Waals surface area contributed by atoms with Crippen molar-refractivity contribution in [2.75, 3.05) is 0 Å². The molecular weight excluding hydrogens is 270 g/mol. The van der Waals surface area contributed by atoms with Gasteiger partial charge in [0, 0.05) is 0 Å². The van der Waals surface area contributed by atoms with Crippen molar-refractivity contribution in [1.82, 2.24) is 4.72 Å². The van der Waals surface area contributed by atoms with Crippen LogP contribution in [0.1, 0.15) is 18.1 Å². The minimum absolute atomic E-state index is 0.00463. The number of carboxylic acid groups (broad SMARTS) is 1. The molecule has 0 saturated heterocycles. The van der Waals surface area contributed by atoms with Crippen LogP contribution in [0.15, 0.2) is 23.1 Å². The molecule has 0 bridgehead atoms. The third kappa shape index (κ3) is 3.76. The smallest absolute Gasteiger partial charge is 0.324 e. The van der Waals surface area contributed by atoms with E-state index in [1.165, 1.54) is 13.0 Å². The summed E-state index contributed by atoms with van der Waals surface area (Å²) in [6, 6.07) is 3.14. The lowest BCUT2D eigenvalue weighted by Crippen LogP contribution is -2.47. The maximum atomic E-state index is 12.1. The van der Waals surface area contributed by atoms with Gasteiger partial charge in [0.05, 0.1) is 11.0 Å². The van der Waals surface area contributed by atoms with Crippen LogP contribution in [-0.4, -0.2) is 36.7 Å². The maximum absolute atomic E-state index is 12.1. The maximum Gasteiger partial charge on any atom is 0.324 e. The molecule has 1 aromatic carbocycles. The Hall–Kier alpha value is -1.44. The topological polar surface area (TPSA) is 104 Å². The van der Waals surface area contributed by atoms with Crippen molar-refractivity contribution in [3.8, 4) is 0 Å². The van der Waals surface area contributed by atoms with Gasteiger partial charge in [-0.3, -0.25) is 4.79 Å². The van der Waals surface area contributed by atoms with E-state index in [9.17, 15) is 18.3 Å². The molecule has 19 heavy (non-hydrogen) atoms. The largest absolute Gasteiger partial charge is 0.480 e. The number of carbonyl (C=O) groups is 1. The van der Waals surface area contributed by atoms with Gasteiger partial charge < -0.3 is 10.2 Å². The molecule has 0 aromatic heterocycles. The van der Waals surface area contributed by atoms with Gasteiger partial charge >= 0.3 is 5.97 Å². The number of hydrogen-bond donors (Lipinski definition) is 3. The average molecular weight is 287 g/mol. The minimum Gasteiger partial charge on any atom is -0.480 e.